The highest BCUT2D eigenvalue weighted by Gasteiger charge is 2.02. The summed E-state index contributed by atoms with van der Waals surface area (Å²) in [5, 5.41) is 3.25. The summed E-state index contributed by atoms with van der Waals surface area (Å²) >= 11 is 1.70. The van der Waals surface area contributed by atoms with Gasteiger partial charge in [-0.2, -0.15) is 0 Å². The maximum Gasteiger partial charge on any atom is 0.0901 e. The lowest BCUT2D eigenvalue weighted by Crippen LogP contribution is -1.84. The first-order valence-electron chi connectivity index (χ1n) is 4.46. The molecule has 0 bridgehead atoms. The van der Waals surface area contributed by atoms with Crippen LogP contribution in [0.2, 0.25) is 0 Å². The minimum absolute atomic E-state index is 1.02. The third kappa shape index (κ3) is 2.81. The van der Waals surface area contributed by atoms with Crippen LogP contribution in [0.3, 0.4) is 0 Å². The van der Waals surface area contributed by atoms with Gasteiger partial charge in [0, 0.05) is 5.38 Å². The van der Waals surface area contributed by atoms with E-state index in [0.29, 0.717) is 0 Å². The van der Waals surface area contributed by atoms with Crippen molar-refractivity contribution >= 4 is 16.9 Å². The SMILES string of the molecule is C=CCC/C(=C\C)c1csc(C)n1. The number of rotatable bonds is 4. The smallest absolute Gasteiger partial charge is 0.0901 e. The molecule has 1 nitrogen and oxygen atoms in total. The van der Waals surface area contributed by atoms with Gasteiger partial charge < -0.3 is 0 Å². The molecule has 0 saturated heterocycles. The number of nitrogens with zero attached hydrogens (tertiary/aromatic N) is 1. The Labute approximate surface area is 83.8 Å². The molecule has 0 fully saturated rings. The molecule has 13 heavy (non-hydrogen) atoms. The predicted octanol–water partition coefficient (Wildman–Crippen LogP) is 3.82. The molecule has 0 unspecified atom stereocenters. The average molecular weight is 193 g/mol. The van der Waals surface area contributed by atoms with E-state index in [2.05, 4.69) is 29.9 Å². The molecule has 0 aliphatic heterocycles. The summed E-state index contributed by atoms with van der Waals surface area (Å²) in [6, 6.07) is 0. The molecule has 70 valence electrons. The molecule has 0 atom stereocenters. The Morgan fingerprint density at radius 2 is 2.46 bits per heavy atom. The number of hydrogen-bond acceptors (Lipinski definition) is 2. The first-order valence-corrected chi connectivity index (χ1v) is 5.34. The van der Waals surface area contributed by atoms with E-state index in [1.54, 1.807) is 11.3 Å². The quantitative estimate of drug-likeness (QED) is 0.662. The van der Waals surface area contributed by atoms with Gasteiger partial charge in [0.05, 0.1) is 10.7 Å². The summed E-state index contributed by atoms with van der Waals surface area (Å²) in [4.78, 5) is 4.45. The molecule has 1 rings (SSSR count). The lowest BCUT2D eigenvalue weighted by atomic mass is 10.1. The van der Waals surface area contributed by atoms with Crippen LogP contribution in [0, 0.1) is 6.92 Å². The molecule has 0 aliphatic carbocycles. The Bertz CT molecular complexity index is 310. The van der Waals surface area contributed by atoms with E-state index in [1.165, 1.54) is 5.57 Å². The van der Waals surface area contributed by atoms with E-state index in [0.717, 1.165) is 23.5 Å². The Kier molecular flexibility index (Phi) is 3.90. The largest absolute Gasteiger partial charge is 0.242 e. The van der Waals surface area contributed by atoms with Gasteiger partial charge in [0.1, 0.15) is 0 Å². The topological polar surface area (TPSA) is 12.9 Å². The molecule has 1 aromatic heterocycles. The standard InChI is InChI=1S/C11H15NS/c1-4-6-7-10(5-2)11-8-13-9(3)12-11/h4-5,8H,1,6-7H2,2-3H3/b10-5+. The zero-order chi connectivity index (χ0) is 9.68. The molecule has 1 aromatic rings. The Hall–Kier alpha value is -0.890. The van der Waals surface area contributed by atoms with E-state index in [9.17, 15) is 0 Å². The summed E-state index contributed by atoms with van der Waals surface area (Å²) in [5.41, 5.74) is 2.45. The van der Waals surface area contributed by atoms with Gasteiger partial charge in [-0.05, 0) is 32.3 Å². The minimum Gasteiger partial charge on any atom is -0.242 e. The highest BCUT2D eigenvalue weighted by Crippen LogP contribution is 2.21. The fourth-order valence-electron chi connectivity index (χ4n) is 1.19. The van der Waals surface area contributed by atoms with Crippen molar-refractivity contribution in [3.05, 3.63) is 34.8 Å². The third-order valence-electron chi connectivity index (χ3n) is 1.91. The summed E-state index contributed by atoms with van der Waals surface area (Å²) < 4.78 is 0. The molecule has 0 radical (unpaired) electrons. The van der Waals surface area contributed by atoms with Gasteiger partial charge in [0.15, 0.2) is 0 Å². The van der Waals surface area contributed by atoms with Crippen LogP contribution in [0.15, 0.2) is 24.1 Å². The summed E-state index contributed by atoms with van der Waals surface area (Å²) in [5.74, 6) is 0. The van der Waals surface area contributed by atoms with Gasteiger partial charge in [-0.1, -0.05) is 12.2 Å². The van der Waals surface area contributed by atoms with Crippen LogP contribution in [0.4, 0.5) is 0 Å². The number of allylic oxidation sites excluding steroid dienone is 3. The van der Waals surface area contributed by atoms with Crippen LogP contribution >= 0.6 is 11.3 Å². The van der Waals surface area contributed by atoms with Gasteiger partial charge in [-0.15, -0.1) is 17.9 Å². The van der Waals surface area contributed by atoms with Crippen molar-refractivity contribution in [3.63, 3.8) is 0 Å². The summed E-state index contributed by atoms with van der Waals surface area (Å²) in [6.45, 7) is 7.82. The van der Waals surface area contributed by atoms with Crippen LogP contribution in [0.1, 0.15) is 30.5 Å². The lowest BCUT2D eigenvalue weighted by Gasteiger charge is -2.00. The second-order valence-electron chi connectivity index (χ2n) is 2.89. The van der Waals surface area contributed by atoms with Crippen molar-refractivity contribution in [2.75, 3.05) is 0 Å². The maximum atomic E-state index is 4.45. The van der Waals surface area contributed by atoms with Crippen molar-refractivity contribution in [2.24, 2.45) is 0 Å². The van der Waals surface area contributed by atoms with Crippen molar-refractivity contribution in [2.45, 2.75) is 26.7 Å². The van der Waals surface area contributed by atoms with Crippen LogP contribution in [-0.4, -0.2) is 4.98 Å². The summed E-state index contributed by atoms with van der Waals surface area (Å²) in [6.07, 6.45) is 6.15. The molecule has 0 saturated carbocycles. The minimum atomic E-state index is 1.02. The molecule has 1 heterocycles. The Morgan fingerprint density at radius 3 is 2.92 bits per heavy atom. The Morgan fingerprint density at radius 1 is 1.69 bits per heavy atom. The average Bonchev–Trinajstić information content (AvgIpc) is 2.54. The highest BCUT2D eigenvalue weighted by molar-refractivity contribution is 7.09. The number of hydrogen-bond donors (Lipinski definition) is 0. The van der Waals surface area contributed by atoms with Crippen molar-refractivity contribution in [1.82, 2.24) is 4.98 Å². The van der Waals surface area contributed by atoms with Gasteiger partial charge in [-0.25, -0.2) is 4.98 Å². The lowest BCUT2D eigenvalue weighted by molar-refractivity contribution is 1.05. The fourth-order valence-corrected chi connectivity index (χ4v) is 1.83. The second-order valence-corrected chi connectivity index (χ2v) is 3.96. The van der Waals surface area contributed by atoms with E-state index < -0.39 is 0 Å². The maximum absolute atomic E-state index is 4.45. The van der Waals surface area contributed by atoms with E-state index in [-0.39, 0.29) is 0 Å². The molecule has 0 aromatic carbocycles. The molecule has 0 N–H and O–H groups in total. The van der Waals surface area contributed by atoms with Gasteiger partial charge in [-0.3, -0.25) is 0 Å². The zero-order valence-electron chi connectivity index (χ0n) is 8.21. The molecule has 0 aliphatic rings. The van der Waals surface area contributed by atoms with Crippen molar-refractivity contribution in [3.8, 4) is 0 Å². The van der Waals surface area contributed by atoms with Gasteiger partial charge >= 0.3 is 0 Å². The second kappa shape index (κ2) is 4.97. The third-order valence-corrected chi connectivity index (χ3v) is 2.69. The monoisotopic (exact) mass is 193 g/mol. The van der Waals surface area contributed by atoms with E-state index in [4.69, 9.17) is 0 Å². The van der Waals surface area contributed by atoms with Crippen LogP contribution in [0.5, 0.6) is 0 Å². The number of aromatic nitrogens is 1. The fraction of sp³-hybridized carbons (Fsp3) is 0.364. The number of thiazole rings is 1. The van der Waals surface area contributed by atoms with Crippen LogP contribution in [0.25, 0.3) is 5.57 Å². The first kappa shape index (κ1) is 10.2. The first-order chi connectivity index (χ1) is 6.27. The predicted molar refractivity (Wildman–Crippen MR) is 59.9 cm³/mol. The molecule has 0 spiro atoms. The van der Waals surface area contributed by atoms with Crippen LogP contribution < -0.4 is 0 Å². The van der Waals surface area contributed by atoms with E-state index >= 15 is 0 Å². The van der Waals surface area contributed by atoms with Crippen molar-refractivity contribution in [1.29, 1.82) is 0 Å². The van der Waals surface area contributed by atoms with Crippen LogP contribution in [-0.2, 0) is 0 Å². The molecular formula is C11H15NS. The van der Waals surface area contributed by atoms with Crippen molar-refractivity contribution < 1.29 is 0 Å². The van der Waals surface area contributed by atoms with Gasteiger partial charge in [0.25, 0.3) is 0 Å². The summed E-state index contributed by atoms with van der Waals surface area (Å²) in [7, 11) is 0. The molecule has 2 heteroatoms. The van der Waals surface area contributed by atoms with Gasteiger partial charge in [0.2, 0.25) is 0 Å². The zero-order valence-corrected chi connectivity index (χ0v) is 9.03. The molecule has 0 amide bonds. The highest BCUT2D eigenvalue weighted by atomic mass is 32.1. The van der Waals surface area contributed by atoms with E-state index in [1.807, 2.05) is 13.0 Å². The normalized spacial score (nSPS) is 11.7. The Balaban J connectivity index is 2.73. The molecular weight excluding hydrogens is 178 g/mol. The number of aryl methyl sites for hydroxylation is 1.